The van der Waals surface area contributed by atoms with Crippen LogP contribution in [0.1, 0.15) is 54.6 Å². The van der Waals surface area contributed by atoms with Gasteiger partial charge in [-0.15, -0.1) is 0 Å². The van der Waals surface area contributed by atoms with E-state index in [1.165, 1.54) is 13.8 Å². The number of halogens is 1. The van der Waals surface area contributed by atoms with Gasteiger partial charge >= 0.3 is 0 Å². The van der Waals surface area contributed by atoms with E-state index in [4.69, 9.17) is 0 Å². The summed E-state index contributed by atoms with van der Waals surface area (Å²) in [7, 11) is 3.92. The van der Waals surface area contributed by atoms with Crippen molar-refractivity contribution in [2.45, 2.75) is 50.2 Å². The molecule has 1 saturated heterocycles. The van der Waals surface area contributed by atoms with Crippen molar-refractivity contribution in [1.82, 2.24) is 15.5 Å². The smallest absolute Gasteiger partial charge is 0.251 e. The molecule has 3 aromatic carbocycles. The first-order valence-electron chi connectivity index (χ1n) is 14.6. The van der Waals surface area contributed by atoms with Crippen molar-refractivity contribution < 1.29 is 14.0 Å². The number of carbonyl (C=O) groups excluding carboxylic acids is 2. The summed E-state index contributed by atoms with van der Waals surface area (Å²) < 4.78 is 14.4. The number of hydrogen-bond donors (Lipinski definition) is 2. The Morgan fingerprint density at radius 1 is 0.951 bits per heavy atom. The number of anilines is 1. The Morgan fingerprint density at radius 2 is 1.59 bits per heavy atom. The lowest BCUT2D eigenvalue weighted by molar-refractivity contribution is -0.126. The van der Waals surface area contributed by atoms with E-state index in [-0.39, 0.29) is 24.4 Å². The quantitative estimate of drug-likeness (QED) is 0.320. The fourth-order valence-electron chi connectivity index (χ4n) is 6.16. The fraction of sp³-hybridized carbons (Fsp3) is 0.412. The third-order valence-corrected chi connectivity index (χ3v) is 8.31. The van der Waals surface area contributed by atoms with Gasteiger partial charge in [0.2, 0.25) is 5.91 Å². The van der Waals surface area contributed by atoms with Gasteiger partial charge in [0.1, 0.15) is 11.1 Å². The van der Waals surface area contributed by atoms with Crippen LogP contribution in [-0.2, 0) is 10.2 Å². The zero-order valence-electron chi connectivity index (χ0n) is 24.5. The van der Waals surface area contributed by atoms with Crippen LogP contribution >= 0.6 is 0 Å². The summed E-state index contributed by atoms with van der Waals surface area (Å²) in [6, 6.07) is 24.0. The van der Waals surface area contributed by atoms with E-state index >= 15 is 0 Å². The molecule has 1 aliphatic carbocycles. The van der Waals surface area contributed by atoms with E-state index in [2.05, 4.69) is 27.7 Å². The maximum Gasteiger partial charge on any atom is 0.251 e. The van der Waals surface area contributed by atoms with Gasteiger partial charge in [0.25, 0.3) is 5.91 Å². The zero-order chi connectivity index (χ0) is 29.2. The summed E-state index contributed by atoms with van der Waals surface area (Å²) in [4.78, 5) is 31.0. The number of carbonyl (C=O) groups is 2. The highest BCUT2D eigenvalue weighted by Crippen LogP contribution is 2.51. The van der Waals surface area contributed by atoms with E-state index in [9.17, 15) is 14.0 Å². The molecule has 1 fully saturated rings. The number of hydrogen-bond acceptors (Lipinski definition) is 4. The van der Waals surface area contributed by atoms with Crippen LogP contribution in [0, 0.1) is 0 Å². The Labute approximate surface area is 242 Å². The molecule has 1 aliphatic heterocycles. The standard InChI is InChI=1S/C34H41FN4O2/c1-33(2,35)23-36-32(41)34(29-16-7-5-14-27(29)28-15-6-8-17-30(28)34)18-9-10-19-39-21-25(22-39)37-31(40)24-12-11-13-26(20-24)38(3)4/h5-8,11-17,20,25H,9-10,18-19,21-23H2,1-4H3,(H,36,41)(H,37,40). The van der Waals surface area contributed by atoms with Gasteiger partial charge in [0.15, 0.2) is 0 Å². The summed E-state index contributed by atoms with van der Waals surface area (Å²) in [6.07, 6.45) is 2.43. The number of fused-ring (bicyclic) bond motifs is 3. The number of likely N-dealkylation sites (tertiary alicyclic amines) is 1. The van der Waals surface area contributed by atoms with E-state index < -0.39 is 11.1 Å². The molecule has 3 aromatic rings. The van der Waals surface area contributed by atoms with Crippen molar-refractivity contribution in [3.63, 3.8) is 0 Å². The molecule has 0 bridgehead atoms. The minimum absolute atomic E-state index is 0.0295. The second kappa shape index (κ2) is 11.6. The van der Waals surface area contributed by atoms with Gasteiger partial charge in [-0.2, -0.15) is 0 Å². The molecule has 7 heteroatoms. The largest absolute Gasteiger partial charge is 0.378 e. The van der Waals surface area contributed by atoms with Gasteiger partial charge in [0.05, 0.1) is 12.6 Å². The number of nitrogens with one attached hydrogen (secondary N) is 2. The molecule has 1 heterocycles. The van der Waals surface area contributed by atoms with Crippen LogP contribution in [-0.4, -0.2) is 68.7 Å². The summed E-state index contributed by atoms with van der Waals surface area (Å²) in [5.41, 5.74) is 3.50. The van der Waals surface area contributed by atoms with Crippen molar-refractivity contribution in [3.8, 4) is 11.1 Å². The summed E-state index contributed by atoms with van der Waals surface area (Å²) in [5, 5.41) is 6.09. The Morgan fingerprint density at radius 3 is 2.20 bits per heavy atom. The highest BCUT2D eigenvalue weighted by molar-refractivity contribution is 6.00. The summed E-state index contributed by atoms with van der Waals surface area (Å²) >= 11 is 0. The van der Waals surface area contributed by atoms with Gasteiger partial charge in [0, 0.05) is 38.4 Å². The third kappa shape index (κ3) is 6.01. The fourth-order valence-corrected chi connectivity index (χ4v) is 6.16. The van der Waals surface area contributed by atoms with Gasteiger partial charge in [-0.3, -0.25) is 14.5 Å². The number of unbranched alkanes of at least 4 members (excludes halogenated alkanes) is 1. The molecule has 5 rings (SSSR count). The minimum Gasteiger partial charge on any atom is -0.378 e. The second-order valence-corrected chi connectivity index (χ2v) is 12.2. The topological polar surface area (TPSA) is 64.7 Å². The normalized spacial score (nSPS) is 15.9. The van der Waals surface area contributed by atoms with Crippen LogP contribution in [0.25, 0.3) is 11.1 Å². The van der Waals surface area contributed by atoms with Crippen molar-refractivity contribution >= 4 is 17.5 Å². The van der Waals surface area contributed by atoms with Crippen LogP contribution in [0.3, 0.4) is 0 Å². The number of alkyl halides is 1. The van der Waals surface area contributed by atoms with Gasteiger partial charge in [-0.05, 0) is 73.7 Å². The number of nitrogens with zero attached hydrogens (tertiary/aromatic N) is 2. The molecule has 0 unspecified atom stereocenters. The zero-order valence-corrected chi connectivity index (χ0v) is 24.5. The van der Waals surface area contributed by atoms with Crippen molar-refractivity contribution in [1.29, 1.82) is 0 Å². The predicted molar refractivity (Wildman–Crippen MR) is 163 cm³/mol. The van der Waals surface area contributed by atoms with Crippen molar-refractivity contribution in [3.05, 3.63) is 89.5 Å². The van der Waals surface area contributed by atoms with E-state index in [1.54, 1.807) is 0 Å². The average molecular weight is 557 g/mol. The monoisotopic (exact) mass is 556 g/mol. The lowest BCUT2D eigenvalue weighted by atomic mass is 9.73. The highest BCUT2D eigenvalue weighted by Gasteiger charge is 2.48. The maximum absolute atomic E-state index is 14.4. The Hall–Kier alpha value is -3.71. The first-order valence-corrected chi connectivity index (χ1v) is 14.6. The third-order valence-electron chi connectivity index (χ3n) is 8.31. The van der Waals surface area contributed by atoms with Crippen LogP contribution in [0.2, 0.25) is 0 Å². The Balaban J connectivity index is 1.20. The van der Waals surface area contributed by atoms with E-state index in [0.717, 1.165) is 60.4 Å². The molecule has 2 amide bonds. The SMILES string of the molecule is CN(C)c1cccc(C(=O)NC2CN(CCCCC3(C(=O)NCC(C)(C)F)c4ccccc4-c4ccccc43)C2)c1. The molecule has 2 aliphatic rings. The van der Waals surface area contributed by atoms with Crippen LogP contribution < -0.4 is 15.5 Å². The molecule has 0 atom stereocenters. The summed E-state index contributed by atoms with van der Waals surface area (Å²) in [5.74, 6) is -0.174. The number of rotatable bonds is 11. The molecule has 6 nitrogen and oxygen atoms in total. The predicted octanol–water partition coefficient (Wildman–Crippen LogP) is 5.17. The number of benzene rings is 3. The van der Waals surface area contributed by atoms with Gasteiger partial charge in [-0.25, -0.2) is 4.39 Å². The Kier molecular flexibility index (Phi) is 8.18. The molecule has 0 saturated carbocycles. The highest BCUT2D eigenvalue weighted by atomic mass is 19.1. The molecular weight excluding hydrogens is 515 g/mol. The Bertz CT molecular complexity index is 1360. The second-order valence-electron chi connectivity index (χ2n) is 12.2. The minimum atomic E-state index is -1.49. The molecule has 0 radical (unpaired) electrons. The number of amides is 2. The lowest BCUT2D eigenvalue weighted by Gasteiger charge is -2.40. The molecular formula is C34H41FN4O2. The molecule has 0 aromatic heterocycles. The van der Waals surface area contributed by atoms with Crippen LogP contribution in [0.15, 0.2) is 72.8 Å². The first kappa shape index (κ1) is 28.8. The first-order chi connectivity index (χ1) is 19.6. The van der Waals surface area contributed by atoms with E-state index in [1.807, 2.05) is 79.7 Å². The van der Waals surface area contributed by atoms with E-state index in [0.29, 0.717) is 12.0 Å². The van der Waals surface area contributed by atoms with Crippen LogP contribution in [0.5, 0.6) is 0 Å². The molecule has 2 N–H and O–H groups in total. The van der Waals surface area contributed by atoms with Crippen molar-refractivity contribution in [2.75, 3.05) is 45.2 Å². The summed E-state index contributed by atoms with van der Waals surface area (Å²) in [6.45, 7) is 5.49. The maximum atomic E-state index is 14.4. The molecule has 0 spiro atoms. The van der Waals surface area contributed by atoms with Crippen LogP contribution in [0.4, 0.5) is 10.1 Å². The van der Waals surface area contributed by atoms with Gasteiger partial charge < -0.3 is 15.5 Å². The lowest BCUT2D eigenvalue weighted by Crippen LogP contribution is -2.59. The van der Waals surface area contributed by atoms with Gasteiger partial charge in [-0.1, -0.05) is 61.0 Å². The molecule has 41 heavy (non-hydrogen) atoms. The average Bonchev–Trinajstić information content (AvgIpc) is 3.22. The molecule has 216 valence electrons. The van der Waals surface area contributed by atoms with Crippen molar-refractivity contribution in [2.24, 2.45) is 0 Å².